The van der Waals surface area contributed by atoms with Gasteiger partial charge in [-0.1, -0.05) is 0 Å². The topological polar surface area (TPSA) is 27.6 Å². The van der Waals surface area contributed by atoms with Gasteiger partial charge in [-0.3, -0.25) is 0 Å². The molecule has 0 amide bonds. The normalized spacial score (nSPS) is 20.5. The van der Waals surface area contributed by atoms with Crippen molar-refractivity contribution in [1.29, 1.82) is 0 Å². The van der Waals surface area contributed by atoms with E-state index in [0.29, 0.717) is 0 Å². The zero-order chi connectivity index (χ0) is 8.81. The van der Waals surface area contributed by atoms with Crippen LogP contribution in [0.3, 0.4) is 0 Å². The minimum atomic E-state index is 1.07. The maximum Gasteiger partial charge on any atom is 0.123 e. The molecule has 68 valence electrons. The second-order valence-corrected chi connectivity index (χ2v) is 2.77. The molecule has 1 N–H and O–H groups in total. The molecule has 0 aromatic heterocycles. The number of allylic oxidation sites excluding steroid dienone is 1. The number of aliphatic imine (C=N–C) groups is 1. The van der Waals surface area contributed by atoms with E-state index < -0.39 is 0 Å². The van der Waals surface area contributed by atoms with Crippen molar-refractivity contribution in [3.05, 3.63) is 11.9 Å². The fourth-order valence-corrected chi connectivity index (χ4v) is 1.36. The Labute approximate surface area is 74.2 Å². The minimum absolute atomic E-state index is 1.07. The highest BCUT2D eigenvalue weighted by atomic mass is 15.2. The maximum absolute atomic E-state index is 4.30. The minimum Gasteiger partial charge on any atom is -0.354 e. The molecule has 0 unspecified atom stereocenters. The Morgan fingerprint density at radius 3 is 2.50 bits per heavy atom. The molecule has 3 nitrogen and oxygen atoms in total. The van der Waals surface area contributed by atoms with Crippen LogP contribution < -0.4 is 5.32 Å². The summed E-state index contributed by atoms with van der Waals surface area (Å²) in [6, 6.07) is 0. The van der Waals surface area contributed by atoms with Crippen molar-refractivity contribution in [2.75, 3.05) is 26.2 Å². The summed E-state index contributed by atoms with van der Waals surface area (Å²) in [5, 5.41) is 3.32. The molecular formula is C9H17N3. The fourth-order valence-electron chi connectivity index (χ4n) is 1.36. The van der Waals surface area contributed by atoms with E-state index >= 15 is 0 Å². The highest BCUT2D eigenvalue weighted by molar-refractivity contribution is 5.55. The number of piperazine rings is 1. The lowest BCUT2D eigenvalue weighted by Crippen LogP contribution is -2.42. The number of nitrogens with zero attached hydrogens (tertiary/aromatic N) is 2. The van der Waals surface area contributed by atoms with Gasteiger partial charge in [-0.25, -0.2) is 4.99 Å². The molecule has 0 radical (unpaired) electrons. The number of hydrogen-bond acceptors (Lipinski definition) is 3. The van der Waals surface area contributed by atoms with Crippen molar-refractivity contribution in [2.24, 2.45) is 4.99 Å². The van der Waals surface area contributed by atoms with Crippen LogP contribution in [-0.2, 0) is 0 Å². The SMILES string of the molecule is C/C=N\C(=C/C)N1CCNCC1. The largest absolute Gasteiger partial charge is 0.354 e. The van der Waals surface area contributed by atoms with Crippen molar-refractivity contribution in [2.45, 2.75) is 13.8 Å². The first kappa shape index (κ1) is 9.26. The average Bonchev–Trinajstić information content (AvgIpc) is 2.15. The Morgan fingerprint density at radius 2 is 2.00 bits per heavy atom. The van der Waals surface area contributed by atoms with Crippen LogP contribution in [0.1, 0.15) is 13.8 Å². The molecule has 0 atom stereocenters. The monoisotopic (exact) mass is 167 g/mol. The van der Waals surface area contributed by atoms with Gasteiger partial charge in [-0.2, -0.15) is 0 Å². The van der Waals surface area contributed by atoms with Crippen LogP contribution in [0.2, 0.25) is 0 Å². The van der Waals surface area contributed by atoms with Crippen molar-refractivity contribution < 1.29 is 0 Å². The molecule has 1 aliphatic rings. The standard InChI is InChI=1S/C9H17N3/c1-3-9(11-4-2)12-7-5-10-6-8-12/h3-4,10H,5-8H2,1-2H3/b9-3+,11-4-. The molecule has 0 aromatic carbocycles. The summed E-state index contributed by atoms with van der Waals surface area (Å²) in [5.74, 6) is 1.10. The van der Waals surface area contributed by atoms with Crippen molar-refractivity contribution in [3.63, 3.8) is 0 Å². The molecule has 0 spiro atoms. The number of nitrogens with one attached hydrogen (secondary N) is 1. The molecule has 1 saturated heterocycles. The van der Waals surface area contributed by atoms with Crippen molar-refractivity contribution in [1.82, 2.24) is 10.2 Å². The Hall–Kier alpha value is -0.830. The summed E-state index contributed by atoms with van der Waals surface area (Å²) in [7, 11) is 0. The smallest absolute Gasteiger partial charge is 0.123 e. The van der Waals surface area contributed by atoms with Crippen LogP contribution in [0.5, 0.6) is 0 Å². The molecular weight excluding hydrogens is 150 g/mol. The zero-order valence-corrected chi connectivity index (χ0v) is 7.88. The molecule has 1 rings (SSSR count). The summed E-state index contributed by atoms with van der Waals surface area (Å²) in [6.45, 7) is 8.25. The van der Waals surface area contributed by atoms with E-state index in [1.165, 1.54) is 0 Å². The van der Waals surface area contributed by atoms with Gasteiger partial charge in [-0.15, -0.1) is 0 Å². The molecule has 0 saturated carbocycles. The van der Waals surface area contributed by atoms with Crippen LogP contribution >= 0.6 is 0 Å². The Morgan fingerprint density at radius 1 is 1.33 bits per heavy atom. The van der Waals surface area contributed by atoms with Gasteiger partial charge in [0, 0.05) is 32.4 Å². The summed E-state index contributed by atoms with van der Waals surface area (Å²) < 4.78 is 0. The number of hydrogen-bond donors (Lipinski definition) is 1. The van der Waals surface area contributed by atoms with Crippen LogP contribution in [0.15, 0.2) is 16.9 Å². The predicted octanol–water partition coefficient (Wildman–Crippen LogP) is 0.844. The quantitative estimate of drug-likeness (QED) is 0.617. The maximum atomic E-state index is 4.30. The van der Waals surface area contributed by atoms with E-state index in [1.54, 1.807) is 0 Å². The third-order valence-electron chi connectivity index (χ3n) is 1.96. The predicted molar refractivity (Wildman–Crippen MR) is 52.4 cm³/mol. The van der Waals surface area contributed by atoms with Crippen LogP contribution in [0.25, 0.3) is 0 Å². The van der Waals surface area contributed by atoms with E-state index in [0.717, 1.165) is 32.0 Å². The first-order valence-corrected chi connectivity index (χ1v) is 4.49. The van der Waals surface area contributed by atoms with Crippen molar-refractivity contribution >= 4 is 6.21 Å². The number of rotatable bonds is 2. The highest BCUT2D eigenvalue weighted by Crippen LogP contribution is 2.05. The van der Waals surface area contributed by atoms with Gasteiger partial charge in [0.05, 0.1) is 0 Å². The lowest BCUT2D eigenvalue weighted by molar-refractivity contribution is 0.297. The van der Waals surface area contributed by atoms with E-state index in [2.05, 4.69) is 21.3 Å². The molecule has 3 heteroatoms. The second-order valence-electron chi connectivity index (χ2n) is 2.77. The van der Waals surface area contributed by atoms with Gasteiger partial charge in [0.1, 0.15) is 5.82 Å². The Balaban J connectivity index is 2.52. The van der Waals surface area contributed by atoms with Gasteiger partial charge in [0.15, 0.2) is 0 Å². The van der Waals surface area contributed by atoms with Crippen LogP contribution in [0, 0.1) is 0 Å². The molecule has 0 aromatic rings. The van der Waals surface area contributed by atoms with Crippen LogP contribution in [-0.4, -0.2) is 37.3 Å². The van der Waals surface area contributed by atoms with E-state index in [1.807, 2.05) is 20.1 Å². The van der Waals surface area contributed by atoms with Crippen molar-refractivity contribution in [3.8, 4) is 0 Å². The van der Waals surface area contributed by atoms with Gasteiger partial charge in [-0.05, 0) is 19.9 Å². The van der Waals surface area contributed by atoms with Gasteiger partial charge >= 0.3 is 0 Å². The third-order valence-corrected chi connectivity index (χ3v) is 1.96. The Bertz CT molecular complexity index is 178. The molecule has 1 aliphatic heterocycles. The first-order valence-electron chi connectivity index (χ1n) is 4.49. The lowest BCUT2D eigenvalue weighted by Gasteiger charge is -2.29. The summed E-state index contributed by atoms with van der Waals surface area (Å²) in [5.41, 5.74) is 0. The fraction of sp³-hybridized carbons (Fsp3) is 0.667. The summed E-state index contributed by atoms with van der Waals surface area (Å²) in [6.07, 6.45) is 3.91. The van der Waals surface area contributed by atoms with E-state index in [4.69, 9.17) is 0 Å². The lowest BCUT2D eigenvalue weighted by atomic mass is 10.3. The van der Waals surface area contributed by atoms with Crippen LogP contribution in [0.4, 0.5) is 0 Å². The molecule has 0 bridgehead atoms. The highest BCUT2D eigenvalue weighted by Gasteiger charge is 2.10. The van der Waals surface area contributed by atoms with E-state index in [-0.39, 0.29) is 0 Å². The van der Waals surface area contributed by atoms with E-state index in [9.17, 15) is 0 Å². The summed E-state index contributed by atoms with van der Waals surface area (Å²) >= 11 is 0. The molecule has 1 fully saturated rings. The second kappa shape index (κ2) is 4.93. The zero-order valence-electron chi connectivity index (χ0n) is 7.88. The Kier molecular flexibility index (Phi) is 3.80. The summed E-state index contributed by atoms with van der Waals surface area (Å²) in [4.78, 5) is 6.60. The third kappa shape index (κ3) is 2.34. The molecule has 12 heavy (non-hydrogen) atoms. The molecule has 1 heterocycles. The van der Waals surface area contributed by atoms with Gasteiger partial charge in [0.25, 0.3) is 0 Å². The molecule has 0 aliphatic carbocycles. The van der Waals surface area contributed by atoms with Gasteiger partial charge in [0.2, 0.25) is 0 Å². The first-order chi connectivity index (χ1) is 5.88. The average molecular weight is 167 g/mol. The van der Waals surface area contributed by atoms with Gasteiger partial charge < -0.3 is 10.2 Å².